The molecule has 15 heavy (non-hydrogen) atoms. The third kappa shape index (κ3) is 2.12. The molecule has 2 aromatic heterocycles. The summed E-state index contributed by atoms with van der Waals surface area (Å²) in [7, 11) is 1.90. The van der Waals surface area contributed by atoms with Crippen LogP contribution in [0.25, 0.3) is 0 Å². The Bertz CT molecular complexity index is 438. The predicted molar refractivity (Wildman–Crippen MR) is 58.0 cm³/mol. The Hall–Kier alpha value is -1.91. The molecule has 0 unspecified atom stereocenters. The summed E-state index contributed by atoms with van der Waals surface area (Å²) in [6.45, 7) is 3.95. The molecule has 0 atom stereocenters. The van der Waals surface area contributed by atoms with Crippen molar-refractivity contribution >= 4 is 11.8 Å². The van der Waals surface area contributed by atoms with Crippen LogP contribution >= 0.6 is 0 Å². The maximum atomic E-state index is 4.25. The zero-order chi connectivity index (χ0) is 10.8. The largest absolute Gasteiger partial charge is 0.307 e. The van der Waals surface area contributed by atoms with E-state index in [1.807, 2.05) is 27.0 Å². The Labute approximate surface area is 88.2 Å². The van der Waals surface area contributed by atoms with E-state index in [-0.39, 0.29) is 0 Å². The fourth-order valence-electron chi connectivity index (χ4n) is 1.19. The van der Waals surface area contributed by atoms with Gasteiger partial charge in [-0.25, -0.2) is 9.97 Å². The number of aryl methyl sites for hydroxylation is 3. The molecule has 0 bridgehead atoms. The van der Waals surface area contributed by atoms with Gasteiger partial charge in [0.1, 0.15) is 0 Å². The lowest BCUT2D eigenvalue weighted by Gasteiger charge is -1.99. The average molecular weight is 203 g/mol. The Kier molecular flexibility index (Phi) is 2.37. The van der Waals surface area contributed by atoms with Crippen molar-refractivity contribution in [1.82, 2.24) is 19.7 Å². The maximum absolute atomic E-state index is 4.25. The standard InChI is InChI=1S/C10H13N5/c1-7-5-11-10(12-6-7)13-9-4-8(2)15(3)14-9/h4-6H,1-3H3,(H,11,12,13,14). The highest BCUT2D eigenvalue weighted by molar-refractivity contribution is 5.47. The van der Waals surface area contributed by atoms with Gasteiger partial charge in [-0.3, -0.25) is 4.68 Å². The number of hydrogen-bond acceptors (Lipinski definition) is 4. The minimum Gasteiger partial charge on any atom is -0.307 e. The molecule has 0 amide bonds. The summed E-state index contributed by atoms with van der Waals surface area (Å²) in [5, 5.41) is 7.29. The molecule has 2 heterocycles. The van der Waals surface area contributed by atoms with Crippen LogP contribution in [0.1, 0.15) is 11.3 Å². The molecule has 5 heteroatoms. The van der Waals surface area contributed by atoms with Crippen molar-refractivity contribution in [2.45, 2.75) is 13.8 Å². The minimum atomic E-state index is 0.568. The number of anilines is 2. The van der Waals surface area contributed by atoms with Crippen molar-refractivity contribution < 1.29 is 0 Å². The van der Waals surface area contributed by atoms with Crippen molar-refractivity contribution in [2.24, 2.45) is 7.05 Å². The Morgan fingerprint density at radius 1 is 1.20 bits per heavy atom. The fraction of sp³-hybridized carbons (Fsp3) is 0.300. The Morgan fingerprint density at radius 3 is 2.40 bits per heavy atom. The molecule has 0 aliphatic rings. The van der Waals surface area contributed by atoms with Gasteiger partial charge in [-0.1, -0.05) is 0 Å². The summed E-state index contributed by atoms with van der Waals surface area (Å²) < 4.78 is 1.80. The molecular formula is C10H13N5. The second kappa shape index (κ2) is 3.68. The van der Waals surface area contributed by atoms with E-state index < -0.39 is 0 Å². The maximum Gasteiger partial charge on any atom is 0.228 e. The number of nitrogens with one attached hydrogen (secondary N) is 1. The first-order valence-electron chi connectivity index (χ1n) is 4.71. The van der Waals surface area contributed by atoms with E-state index in [2.05, 4.69) is 20.4 Å². The van der Waals surface area contributed by atoms with Gasteiger partial charge in [0.15, 0.2) is 5.82 Å². The van der Waals surface area contributed by atoms with Crippen molar-refractivity contribution in [3.05, 3.63) is 29.7 Å². The van der Waals surface area contributed by atoms with Gasteiger partial charge in [0.2, 0.25) is 5.95 Å². The summed E-state index contributed by atoms with van der Waals surface area (Å²) in [4.78, 5) is 8.28. The molecule has 0 spiro atoms. The summed E-state index contributed by atoms with van der Waals surface area (Å²) >= 11 is 0. The predicted octanol–water partition coefficient (Wildman–Crippen LogP) is 1.57. The Morgan fingerprint density at radius 2 is 1.87 bits per heavy atom. The van der Waals surface area contributed by atoms with Gasteiger partial charge in [-0.05, 0) is 19.4 Å². The first kappa shape index (κ1) is 9.64. The summed E-state index contributed by atoms with van der Waals surface area (Å²) in [6.07, 6.45) is 3.54. The van der Waals surface area contributed by atoms with Crippen LogP contribution in [0.4, 0.5) is 11.8 Å². The van der Waals surface area contributed by atoms with Crippen molar-refractivity contribution in [1.29, 1.82) is 0 Å². The molecule has 0 aliphatic carbocycles. The summed E-state index contributed by atoms with van der Waals surface area (Å²) in [6, 6.07) is 1.95. The van der Waals surface area contributed by atoms with E-state index >= 15 is 0 Å². The van der Waals surface area contributed by atoms with Crippen molar-refractivity contribution in [3.8, 4) is 0 Å². The van der Waals surface area contributed by atoms with Crippen LogP contribution in [0, 0.1) is 13.8 Å². The molecule has 2 aromatic rings. The van der Waals surface area contributed by atoms with Gasteiger partial charge in [0, 0.05) is 31.2 Å². The highest BCUT2D eigenvalue weighted by Gasteiger charge is 2.02. The number of rotatable bonds is 2. The lowest BCUT2D eigenvalue weighted by Crippen LogP contribution is -1.98. The Balaban J connectivity index is 2.18. The lowest BCUT2D eigenvalue weighted by atomic mass is 10.4. The molecular weight excluding hydrogens is 190 g/mol. The van der Waals surface area contributed by atoms with Crippen molar-refractivity contribution in [3.63, 3.8) is 0 Å². The SMILES string of the molecule is Cc1cnc(Nc2cc(C)n(C)n2)nc1. The molecule has 0 radical (unpaired) electrons. The fourth-order valence-corrected chi connectivity index (χ4v) is 1.19. The van der Waals surface area contributed by atoms with Gasteiger partial charge in [-0.2, -0.15) is 5.10 Å². The van der Waals surface area contributed by atoms with Crippen LogP contribution < -0.4 is 5.32 Å². The molecule has 0 saturated heterocycles. The zero-order valence-electron chi connectivity index (χ0n) is 9.02. The van der Waals surface area contributed by atoms with Gasteiger partial charge in [-0.15, -0.1) is 0 Å². The van der Waals surface area contributed by atoms with Crippen LogP contribution in [0.3, 0.4) is 0 Å². The monoisotopic (exact) mass is 203 g/mol. The number of aromatic nitrogens is 4. The zero-order valence-corrected chi connectivity index (χ0v) is 9.02. The van der Waals surface area contributed by atoms with Crippen LogP contribution in [0.5, 0.6) is 0 Å². The molecule has 0 aromatic carbocycles. The first-order valence-corrected chi connectivity index (χ1v) is 4.71. The number of nitrogens with zero attached hydrogens (tertiary/aromatic N) is 4. The highest BCUT2D eigenvalue weighted by atomic mass is 15.3. The molecule has 0 saturated carbocycles. The van der Waals surface area contributed by atoms with E-state index in [0.29, 0.717) is 5.95 Å². The molecule has 2 rings (SSSR count). The second-order valence-corrected chi connectivity index (χ2v) is 3.50. The van der Waals surface area contributed by atoms with Crippen LogP contribution in [-0.4, -0.2) is 19.7 Å². The molecule has 0 aliphatic heterocycles. The van der Waals surface area contributed by atoms with E-state index in [1.54, 1.807) is 17.1 Å². The second-order valence-electron chi connectivity index (χ2n) is 3.50. The van der Waals surface area contributed by atoms with Gasteiger partial charge < -0.3 is 5.32 Å². The molecule has 1 N–H and O–H groups in total. The smallest absolute Gasteiger partial charge is 0.228 e. The van der Waals surface area contributed by atoms with Crippen LogP contribution in [-0.2, 0) is 7.05 Å². The average Bonchev–Trinajstić information content (AvgIpc) is 2.50. The molecule has 5 nitrogen and oxygen atoms in total. The van der Waals surface area contributed by atoms with Gasteiger partial charge in [0.05, 0.1) is 0 Å². The van der Waals surface area contributed by atoms with E-state index in [1.165, 1.54) is 0 Å². The van der Waals surface area contributed by atoms with Crippen LogP contribution in [0.15, 0.2) is 18.5 Å². The summed E-state index contributed by atoms with van der Waals surface area (Å²) in [5.41, 5.74) is 2.13. The first-order chi connectivity index (χ1) is 7.15. The molecule has 78 valence electrons. The lowest BCUT2D eigenvalue weighted by molar-refractivity contribution is 0.742. The van der Waals surface area contributed by atoms with E-state index in [9.17, 15) is 0 Å². The minimum absolute atomic E-state index is 0.568. The third-order valence-electron chi connectivity index (χ3n) is 2.13. The highest BCUT2D eigenvalue weighted by Crippen LogP contribution is 2.11. The van der Waals surface area contributed by atoms with Gasteiger partial charge >= 0.3 is 0 Å². The molecule has 0 fully saturated rings. The normalized spacial score (nSPS) is 10.3. The summed E-state index contributed by atoms with van der Waals surface area (Å²) in [5.74, 6) is 1.33. The van der Waals surface area contributed by atoms with Crippen molar-refractivity contribution in [2.75, 3.05) is 5.32 Å². The van der Waals surface area contributed by atoms with Gasteiger partial charge in [0.25, 0.3) is 0 Å². The quantitative estimate of drug-likeness (QED) is 0.805. The third-order valence-corrected chi connectivity index (χ3v) is 2.13. The van der Waals surface area contributed by atoms with E-state index in [4.69, 9.17) is 0 Å². The van der Waals surface area contributed by atoms with Crippen LogP contribution in [0.2, 0.25) is 0 Å². The number of hydrogen-bond donors (Lipinski definition) is 1. The van der Waals surface area contributed by atoms with E-state index in [0.717, 1.165) is 17.1 Å². The topological polar surface area (TPSA) is 55.6 Å².